The Morgan fingerprint density at radius 1 is 1.27 bits per heavy atom. The summed E-state index contributed by atoms with van der Waals surface area (Å²) < 4.78 is 0. The molecular weight excluding hydrogens is 186 g/mol. The molecule has 15 heavy (non-hydrogen) atoms. The lowest BCUT2D eigenvalue weighted by molar-refractivity contribution is 0.218. The highest BCUT2D eigenvalue weighted by molar-refractivity contribution is 4.80. The molecule has 0 spiro atoms. The van der Waals surface area contributed by atoms with E-state index in [1.54, 1.807) is 0 Å². The number of nitrogens with zero attached hydrogens (tertiary/aromatic N) is 1. The van der Waals surface area contributed by atoms with Crippen LogP contribution < -0.4 is 10.6 Å². The number of hydrogen-bond acceptors (Lipinski definition) is 3. The highest BCUT2D eigenvalue weighted by atomic mass is 15.1. The topological polar surface area (TPSA) is 27.3 Å². The molecule has 1 heterocycles. The first kappa shape index (κ1) is 12.9. The average Bonchev–Trinajstić information content (AvgIpc) is 2.15. The van der Waals surface area contributed by atoms with E-state index in [0.29, 0.717) is 5.41 Å². The molecule has 2 N–H and O–H groups in total. The SMILES string of the molecule is CN(C)CC(C)(C)CNC1CCNCC1. The number of nitrogens with one attached hydrogen (secondary N) is 2. The van der Waals surface area contributed by atoms with Crippen molar-refractivity contribution >= 4 is 0 Å². The van der Waals surface area contributed by atoms with Gasteiger partial charge in [0, 0.05) is 19.1 Å². The average molecular weight is 213 g/mol. The van der Waals surface area contributed by atoms with Crippen molar-refractivity contribution in [2.45, 2.75) is 32.7 Å². The maximum absolute atomic E-state index is 3.70. The van der Waals surface area contributed by atoms with Gasteiger partial charge in [-0.1, -0.05) is 13.8 Å². The largest absolute Gasteiger partial charge is 0.317 e. The summed E-state index contributed by atoms with van der Waals surface area (Å²) in [7, 11) is 4.29. The van der Waals surface area contributed by atoms with Crippen LogP contribution in [0.25, 0.3) is 0 Å². The molecule has 0 aromatic rings. The van der Waals surface area contributed by atoms with Gasteiger partial charge in [0.05, 0.1) is 0 Å². The molecule has 3 nitrogen and oxygen atoms in total. The quantitative estimate of drug-likeness (QED) is 0.711. The summed E-state index contributed by atoms with van der Waals surface area (Å²) in [6.07, 6.45) is 2.55. The van der Waals surface area contributed by atoms with Crippen LogP contribution >= 0.6 is 0 Å². The molecule has 1 aliphatic heterocycles. The van der Waals surface area contributed by atoms with E-state index >= 15 is 0 Å². The highest BCUT2D eigenvalue weighted by Gasteiger charge is 2.21. The summed E-state index contributed by atoms with van der Waals surface area (Å²) in [5.41, 5.74) is 0.369. The Bertz CT molecular complexity index is 172. The molecule has 0 radical (unpaired) electrons. The maximum Gasteiger partial charge on any atom is 0.00914 e. The zero-order valence-electron chi connectivity index (χ0n) is 10.8. The molecule has 90 valence electrons. The minimum Gasteiger partial charge on any atom is -0.317 e. The first-order valence-electron chi connectivity index (χ1n) is 6.08. The van der Waals surface area contributed by atoms with Gasteiger partial charge in [0.1, 0.15) is 0 Å². The monoisotopic (exact) mass is 213 g/mol. The Morgan fingerprint density at radius 2 is 1.87 bits per heavy atom. The van der Waals surface area contributed by atoms with Crippen molar-refractivity contribution in [2.75, 3.05) is 40.3 Å². The van der Waals surface area contributed by atoms with E-state index in [9.17, 15) is 0 Å². The molecule has 1 fully saturated rings. The van der Waals surface area contributed by atoms with E-state index in [4.69, 9.17) is 0 Å². The summed E-state index contributed by atoms with van der Waals surface area (Å²) in [6.45, 7) is 9.28. The third kappa shape index (κ3) is 5.50. The number of hydrogen-bond donors (Lipinski definition) is 2. The van der Waals surface area contributed by atoms with Crippen molar-refractivity contribution in [1.82, 2.24) is 15.5 Å². The van der Waals surface area contributed by atoms with E-state index in [1.165, 1.54) is 25.9 Å². The van der Waals surface area contributed by atoms with Gasteiger partial charge in [-0.25, -0.2) is 0 Å². The lowest BCUT2D eigenvalue weighted by Crippen LogP contribution is -2.45. The summed E-state index contributed by atoms with van der Waals surface area (Å²) >= 11 is 0. The molecule has 0 saturated carbocycles. The predicted molar refractivity (Wildman–Crippen MR) is 66.2 cm³/mol. The van der Waals surface area contributed by atoms with Crippen LogP contribution in [0, 0.1) is 5.41 Å². The number of piperidine rings is 1. The zero-order chi connectivity index (χ0) is 11.3. The van der Waals surface area contributed by atoms with E-state index in [2.05, 4.69) is 43.5 Å². The van der Waals surface area contributed by atoms with Crippen molar-refractivity contribution in [2.24, 2.45) is 5.41 Å². The van der Waals surface area contributed by atoms with Crippen LogP contribution in [0.2, 0.25) is 0 Å². The molecule has 0 aliphatic carbocycles. The second-order valence-electron chi connectivity index (χ2n) is 5.81. The fourth-order valence-electron chi connectivity index (χ4n) is 2.36. The van der Waals surface area contributed by atoms with Gasteiger partial charge < -0.3 is 15.5 Å². The van der Waals surface area contributed by atoms with Crippen LogP contribution in [0.15, 0.2) is 0 Å². The first-order valence-corrected chi connectivity index (χ1v) is 6.08. The Hall–Kier alpha value is -0.120. The molecule has 0 amide bonds. The molecule has 0 aromatic carbocycles. The molecule has 0 aromatic heterocycles. The summed E-state index contributed by atoms with van der Waals surface area (Å²) in [5, 5.41) is 7.10. The summed E-state index contributed by atoms with van der Waals surface area (Å²) in [4.78, 5) is 2.27. The standard InChI is InChI=1S/C12H27N3/c1-12(2,10-15(3)4)9-14-11-5-7-13-8-6-11/h11,13-14H,5-10H2,1-4H3. The van der Waals surface area contributed by atoms with E-state index in [1.807, 2.05) is 0 Å². The third-order valence-electron chi connectivity index (χ3n) is 2.95. The van der Waals surface area contributed by atoms with Gasteiger partial charge in [-0.3, -0.25) is 0 Å². The fourth-order valence-corrected chi connectivity index (χ4v) is 2.36. The maximum atomic E-state index is 3.70. The molecule has 0 bridgehead atoms. The van der Waals surface area contributed by atoms with Crippen molar-refractivity contribution in [3.8, 4) is 0 Å². The van der Waals surface area contributed by atoms with Crippen LogP contribution in [0.3, 0.4) is 0 Å². The zero-order valence-corrected chi connectivity index (χ0v) is 10.8. The van der Waals surface area contributed by atoms with Crippen LogP contribution in [-0.4, -0.2) is 51.2 Å². The Kier molecular flexibility index (Phi) is 5.03. The molecule has 1 saturated heterocycles. The minimum absolute atomic E-state index is 0.369. The van der Waals surface area contributed by atoms with Crippen LogP contribution in [0.5, 0.6) is 0 Å². The third-order valence-corrected chi connectivity index (χ3v) is 2.95. The predicted octanol–water partition coefficient (Wildman–Crippen LogP) is 0.916. The van der Waals surface area contributed by atoms with Gasteiger partial charge in [-0.15, -0.1) is 0 Å². The minimum atomic E-state index is 0.369. The fraction of sp³-hybridized carbons (Fsp3) is 1.00. The second-order valence-corrected chi connectivity index (χ2v) is 5.81. The lowest BCUT2D eigenvalue weighted by Gasteiger charge is -2.32. The van der Waals surface area contributed by atoms with Crippen LogP contribution in [0.1, 0.15) is 26.7 Å². The van der Waals surface area contributed by atoms with Gasteiger partial charge in [-0.2, -0.15) is 0 Å². The Labute approximate surface area is 94.6 Å². The van der Waals surface area contributed by atoms with E-state index in [-0.39, 0.29) is 0 Å². The number of rotatable bonds is 5. The molecular formula is C12H27N3. The molecule has 3 heteroatoms. The van der Waals surface area contributed by atoms with E-state index in [0.717, 1.165) is 19.1 Å². The van der Waals surface area contributed by atoms with Crippen molar-refractivity contribution in [3.05, 3.63) is 0 Å². The van der Waals surface area contributed by atoms with Gasteiger partial charge in [-0.05, 0) is 45.4 Å². The van der Waals surface area contributed by atoms with Gasteiger partial charge in [0.2, 0.25) is 0 Å². The summed E-state index contributed by atoms with van der Waals surface area (Å²) in [5.74, 6) is 0. The normalized spacial score (nSPS) is 19.8. The summed E-state index contributed by atoms with van der Waals surface area (Å²) in [6, 6.07) is 0.729. The smallest absolute Gasteiger partial charge is 0.00914 e. The highest BCUT2D eigenvalue weighted by Crippen LogP contribution is 2.15. The van der Waals surface area contributed by atoms with Crippen molar-refractivity contribution < 1.29 is 0 Å². The molecule has 1 rings (SSSR count). The van der Waals surface area contributed by atoms with E-state index < -0.39 is 0 Å². The second kappa shape index (κ2) is 5.83. The van der Waals surface area contributed by atoms with Crippen molar-refractivity contribution in [1.29, 1.82) is 0 Å². The Morgan fingerprint density at radius 3 is 2.40 bits per heavy atom. The van der Waals surface area contributed by atoms with Crippen LogP contribution in [0.4, 0.5) is 0 Å². The van der Waals surface area contributed by atoms with Gasteiger partial charge >= 0.3 is 0 Å². The van der Waals surface area contributed by atoms with Gasteiger partial charge in [0.25, 0.3) is 0 Å². The molecule has 1 aliphatic rings. The Balaban J connectivity index is 2.21. The lowest BCUT2D eigenvalue weighted by atomic mass is 9.92. The molecule has 0 unspecified atom stereocenters. The van der Waals surface area contributed by atoms with Crippen molar-refractivity contribution in [3.63, 3.8) is 0 Å². The molecule has 0 atom stereocenters. The first-order chi connectivity index (χ1) is 6.99. The van der Waals surface area contributed by atoms with Gasteiger partial charge in [0.15, 0.2) is 0 Å². The van der Waals surface area contributed by atoms with Crippen LogP contribution in [-0.2, 0) is 0 Å².